The molecular formula is C28H28F2S. The van der Waals surface area contributed by atoms with Gasteiger partial charge in [0.1, 0.15) is 11.3 Å². The first-order valence-electron chi connectivity index (χ1n) is 10.7. The Labute approximate surface area is 188 Å². The Bertz CT molecular complexity index is 930. The quantitative estimate of drug-likeness (QED) is 0.439. The van der Waals surface area contributed by atoms with Gasteiger partial charge in [-0.05, 0) is 48.3 Å². The van der Waals surface area contributed by atoms with Crippen LogP contribution in [0.15, 0.2) is 108 Å². The number of benzene rings is 2. The van der Waals surface area contributed by atoms with Crippen molar-refractivity contribution in [3.05, 3.63) is 119 Å². The van der Waals surface area contributed by atoms with Crippen molar-refractivity contribution in [3.63, 3.8) is 0 Å². The minimum absolute atomic E-state index is 0.0479. The molecule has 0 heterocycles. The van der Waals surface area contributed by atoms with Gasteiger partial charge in [-0.1, -0.05) is 85.0 Å². The van der Waals surface area contributed by atoms with Gasteiger partial charge in [0.2, 0.25) is 0 Å². The van der Waals surface area contributed by atoms with E-state index < -0.39 is 11.3 Å². The smallest absolute Gasteiger partial charge is 0.130 e. The minimum Gasteiger partial charge on any atom is -0.239 e. The highest BCUT2D eigenvalue weighted by molar-refractivity contribution is 8.00. The molecule has 160 valence electrons. The molecule has 0 N–H and O–H groups in total. The van der Waals surface area contributed by atoms with Gasteiger partial charge in [0.15, 0.2) is 0 Å². The van der Waals surface area contributed by atoms with E-state index in [1.807, 2.05) is 72.5 Å². The van der Waals surface area contributed by atoms with Crippen LogP contribution in [0.5, 0.6) is 0 Å². The molecule has 0 fully saturated rings. The predicted octanol–water partition coefficient (Wildman–Crippen LogP) is 8.43. The lowest BCUT2D eigenvalue weighted by Gasteiger charge is -2.30. The molecule has 0 aliphatic heterocycles. The van der Waals surface area contributed by atoms with E-state index in [0.29, 0.717) is 12.8 Å². The Morgan fingerprint density at radius 1 is 0.677 bits per heavy atom. The molecule has 0 bridgehead atoms. The lowest BCUT2D eigenvalue weighted by molar-refractivity contribution is 0.258. The van der Waals surface area contributed by atoms with Crippen LogP contribution in [0.25, 0.3) is 0 Å². The Morgan fingerprint density at radius 2 is 1.06 bits per heavy atom. The molecule has 0 nitrogen and oxygen atoms in total. The lowest BCUT2D eigenvalue weighted by atomic mass is 9.92. The number of thioether (sulfide) groups is 1. The van der Waals surface area contributed by atoms with Crippen molar-refractivity contribution in [1.82, 2.24) is 0 Å². The molecule has 0 saturated heterocycles. The highest BCUT2D eigenvalue weighted by Gasteiger charge is 2.30. The number of halogens is 2. The molecule has 4 rings (SSSR count). The van der Waals surface area contributed by atoms with Gasteiger partial charge in [0, 0.05) is 12.8 Å². The van der Waals surface area contributed by atoms with E-state index in [4.69, 9.17) is 0 Å². The van der Waals surface area contributed by atoms with E-state index in [1.165, 1.54) is 11.1 Å². The summed E-state index contributed by atoms with van der Waals surface area (Å²) in [4.78, 5) is 0. The first-order chi connectivity index (χ1) is 14.8. The standard InChI is InChI=1S/C28H28F2S/c1-27(29)17-13-23(14-18-27)25(21-9-5-3-6-10-21)31-26(22-11-7-4-8-12-22)24-15-19-28(2,30)20-16-24/h3-17,19,25-26H,18,20H2,1-2H3. The summed E-state index contributed by atoms with van der Waals surface area (Å²) in [6.45, 7) is 3.22. The fourth-order valence-electron chi connectivity index (χ4n) is 3.93. The van der Waals surface area contributed by atoms with Gasteiger partial charge in [0.05, 0.1) is 10.5 Å². The molecule has 31 heavy (non-hydrogen) atoms. The second-order valence-corrected chi connectivity index (χ2v) is 9.97. The van der Waals surface area contributed by atoms with Crippen LogP contribution < -0.4 is 0 Å². The zero-order chi connectivity index (χ0) is 21.9. The van der Waals surface area contributed by atoms with Crippen LogP contribution in [0.1, 0.15) is 48.3 Å². The highest BCUT2D eigenvalue weighted by Crippen LogP contribution is 2.50. The van der Waals surface area contributed by atoms with Gasteiger partial charge in [-0.15, -0.1) is 11.8 Å². The van der Waals surface area contributed by atoms with Crippen molar-refractivity contribution in [3.8, 4) is 0 Å². The van der Waals surface area contributed by atoms with Crippen LogP contribution in [-0.4, -0.2) is 11.3 Å². The summed E-state index contributed by atoms with van der Waals surface area (Å²) < 4.78 is 28.8. The summed E-state index contributed by atoms with van der Waals surface area (Å²) in [7, 11) is 0. The Hall–Kier alpha value is -2.39. The fraction of sp³-hybridized carbons (Fsp3) is 0.286. The van der Waals surface area contributed by atoms with E-state index in [-0.39, 0.29) is 10.5 Å². The van der Waals surface area contributed by atoms with Crippen molar-refractivity contribution in [2.24, 2.45) is 0 Å². The molecule has 2 aliphatic carbocycles. The Kier molecular flexibility index (Phi) is 6.34. The van der Waals surface area contributed by atoms with Crippen LogP contribution >= 0.6 is 11.8 Å². The molecule has 0 radical (unpaired) electrons. The maximum absolute atomic E-state index is 14.4. The maximum Gasteiger partial charge on any atom is 0.130 e. The molecule has 3 heteroatoms. The third-order valence-corrected chi connectivity index (χ3v) is 7.44. The average molecular weight is 435 g/mol. The van der Waals surface area contributed by atoms with Gasteiger partial charge in [0.25, 0.3) is 0 Å². The zero-order valence-electron chi connectivity index (χ0n) is 18.0. The van der Waals surface area contributed by atoms with E-state index in [1.54, 1.807) is 26.0 Å². The summed E-state index contributed by atoms with van der Waals surface area (Å²) in [5.41, 5.74) is 2.00. The summed E-state index contributed by atoms with van der Waals surface area (Å²) >= 11 is 1.83. The zero-order valence-corrected chi connectivity index (χ0v) is 18.8. The topological polar surface area (TPSA) is 0 Å². The van der Waals surface area contributed by atoms with Crippen LogP contribution in [0, 0.1) is 0 Å². The molecule has 2 aliphatic rings. The highest BCUT2D eigenvalue weighted by atomic mass is 32.2. The molecule has 0 aromatic heterocycles. The van der Waals surface area contributed by atoms with Crippen molar-refractivity contribution in [2.75, 3.05) is 0 Å². The molecule has 0 saturated carbocycles. The van der Waals surface area contributed by atoms with Crippen molar-refractivity contribution in [2.45, 2.75) is 48.5 Å². The lowest BCUT2D eigenvalue weighted by Crippen LogP contribution is -2.18. The minimum atomic E-state index is -1.30. The van der Waals surface area contributed by atoms with Crippen molar-refractivity contribution in [1.29, 1.82) is 0 Å². The molecule has 4 atom stereocenters. The monoisotopic (exact) mass is 434 g/mol. The molecule has 2 aromatic carbocycles. The van der Waals surface area contributed by atoms with Crippen LogP contribution in [0.4, 0.5) is 8.78 Å². The second-order valence-electron chi connectivity index (χ2n) is 8.76. The van der Waals surface area contributed by atoms with Crippen LogP contribution in [-0.2, 0) is 0 Å². The maximum atomic E-state index is 14.4. The second kappa shape index (κ2) is 9.00. The van der Waals surface area contributed by atoms with Gasteiger partial charge in [-0.3, -0.25) is 0 Å². The van der Waals surface area contributed by atoms with E-state index in [2.05, 4.69) is 24.3 Å². The largest absolute Gasteiger partial charge is 0.239 e. The SMILES string of the molecule is CC1(F)C=CC(C(SC(C2=CCC(C)(F)C=C2)c2ccccc2)c2ccccc2)=CC1. The van der Waals surface area contributed by atoms with E-state index >= 15 is 0 Å². The average Bonchev–Trinajstić information content (AvgIpc) is 2.77. The normalized spacial score (nSPS) is 27.4. The van der Waals surface area contributed by atoms with E-state index in [9.17, 15) is 8.78 Å². The summed E-state index contributed by atoms with van der Waals surface area (Å²) in [6, 6.07) is 20.7. The molecule has 2 aromatic rings. The van der Waals surface area contributed by atoms with Crippen LogP contribution in [0.3, 0.4) is 0 Å². The third-order valence-electron chi connectivity index (χ3n) is 5.80. The number of rotatable bonds is 6. The summed E-state index contributed by atoms with van der Waals surface area (Å²) in [5.74, 6) is 0. The first kappa shape index (κ1) is 21.8. The van der Waals surface area contributed by atoms with Crippen molar-refractivity contribution < 1.29 is 8.78 Å². The van der Waals surface area contributed by atoms with Crippen molar-refractivity contribution >= 4 is 11.8 Å². The fourth-order valence-corrected chi connectivity index (χ4v) is 5.49. The number of allylic oxidation sites excluding steroid dienone is 6. The summed E-state index contributed by atoms with van der Waals surface area (Å²) in [6.07, 6.45) is 12.0. The number of alkyl halides is 2. The molecule has 0 spiro atoms. The van der Waals surface area contributed by atoms with Gasteiger partial charge >= 0.3 is 0 Å². The Balaban J connectivity index is 1.71. The van der Waals surface area contributed by atoms with E-state index in [0.717, 1.165) is 11.1 Å². The number of hydrogen-bond donors (Lipinski definition) is 0. The summed E-state index contributed by atoms with van der Waals surface area (Å²) in [5, 5.41) is 0.0958. The number of hydrogen-bond acceptors (Lipinski definition) is 1. The van der Waals surface area contributed by atoms with Gasteiger partial charge in [-0.25, -0.2) is 8.78 Å². The molecular weight excluding hydrogens is 406 g/mol. The predicted molar refractivity (Wildman–Crippen MR) is 129 cm³/mol. The first-order valence-corrected chi connectivity index (χ1v) is 11.7. The Morgan fingerprint density at radius 3 is 1.39 bits per heavy atom. The van der Waals surface area contributed by atoms with Gasteiger partial charge in [-0.2, -0.15) is 0 Å². The molecule has 0 amide bonds. The molecule has 4 unspecified atom stereocenters. The van der Waals surface area contributed by atoms with Crippen LogP contribution in [0.2, 0.25) is 0 Å². The van der Waals surface area contributed by atoms with Gasteiger partial charge < -0.3 is 0 Å². The third kappa shape index (κ3) is 5.46.